The first-order valence-electron chi connectivity index (χ1n) is 29.7. The number of esters is 1. The summed E-state index contributed by atoms with van der Waals surface area (Å²) in [6, 6.07) is 35.3. The maximum atomic E-state index is 14.3. The largest absolute Gasteiger partial charge is 0.508 e. The number of aromatic hydroxyl groups is 1. The summed E-state index contributed by atoms with van der Waals surface area (Å²) in [5, 5.41) is 13.9. The van der Waals surface area contributed by atoms with E-state index in [1.165, 1.54) is 42.7 Å². The van der Waals surface area contributed by atoms with E-state index in [2.05, 4.69) is 67.2 Å². The van der Waals surface area contributed by atoms with Crippen LogP contribution >= 0.6 is 11.3 Å². The monoisotopic (exact) mass is 1230 g/mol. The molecule has 0 amide bonds. The molecule has 17 heteroatoms. The number of aryl methyl sites for hydroxylation is 1. The number of allylic oxidation sites excluding steroid dienone is 6. The molecule has 450 valence electrons. The fourth-order valence-corrected chi connectivity index (χ4v) is 15.6. The third kappa shape index (κ3) is 12.3. The molecule has 0 radical (unpaired) electrons. The predicted octanol–water partition coefficient (Wildman–Crippen LogP) is 14.8. The summed E-state index contributed by atoms with van der Waals surface area (Å²) in [5.41, 5.74) is 7.18. The molecule has 87 heavy (non-hydrogen) atoms. The number of likely N-dealkylation sites (tertiary alicyclic amines) is 1. The number of benzene rings is 7. The molecule has 3 aliphatic heterocycles. The highest BCUT2D eigenvalue weighted by atomic mass is 32.2. The lowest BCUT2D eigenvalue weighted by molar-refractivity contribution is -0.438. The lowest BCUT2D eigenvalue weighted by Crippen LogP contribution is -2.33. The summed E-state index contributed by atoms with van der Waals surface area (Å²) in [5.74, 6) is 0.661. The summed E-state index contributed by atoms with van der Waals surface area (Å²) in [6.07, 6.45) is 16.0. The predicted molar refractivity (Wildman–Crippen MR) is 346 cm³/mol. The van der Waals surface area contributed by atoms with Crippen molar-refractivity contribution < 1.29 is 54.7 Å². The van der Waals surface area contributed by atoms with E-state index >= 15 is 0 Å². The van der Waals surface area contributed by atoms with Crippen LogP contribution < -0.4 is 14.4 Å². The van der Waals surface area contributed by atoms with Gasteiger partial charge in [0.2, 0.25) is 5.69 Å². The Morgan fingerprint density at radius 2 is 1.44 bits per heavy atom. The Morgan fingerprint density at radius 3 is 2.16 bits per heavy atom. The second-order valence-corrected chi connectivity index (χ2v) is 27.7. The lowest BCUT2D eigenvalue weighted by atomic mass is 9.79. The molecule has 0 spiro atoms. The van der Waals surface area contributed by atoms with Gasteiger partial charge in [0.1, 0.15) is 35.3 Å². The number of hydrogen-bond donors (Lipinski definition) is 3. The minimum Gasteiger partial charge on any atom is -0.508 e. The molecule has 0 unspecified atom stereocenters. The van der Waals surface area contributed by atoms with Crippen LogP contribution in [0.3, 0.4) is 0 Å². The Hall–Kier alpha value is -7.77. The van der Waals surface area contributed by atoms with E-state index < -0.39 is 31.1 Å². The zero-order chi connectivity index (χ0) is 61.6. The second kappa shape index (κ2) is 24.4. The molecule has 1 aromatic heterocycles. The molecule has 1 saturated heterocycles. The van der Waals surface area contributed by atoms with Crippen molar-refractivity contribution >= 4 is 92.0 Å². The summed E-state index contributed by atoms with van der Waals surface area (Å²) in [6.45, 7) is 17.2. The van der Waals surface area contributed by atoms with Crippen LogP contribution in [0.25, 0.3) is 42.1 Å². The van der Waals surface area contributed by atoms with Gasteiger partial charge in [-0.3, -0.25) is 23.6 Å². The number of ketones is 1. The number of nitrogens with zero attached hydrogens (tertiary/aromatic N) is 3. The molecule has 0 aliphatic carbocycles. The summed E-state index contributed by atoms with van der Waals surface area (Å²) >= 11 is 1.41. The van der Waals surface area contributed by atoms with Crippen molar-refractivity contribution in [2.75, 3.05) is 44.2 Å². The Bertz CT molecular complexity index is 4400. The first kappa shape index (κ1) is 60.9. The second-order valence-electron chi connectivity index (χ2n) is 23.8. The number of anilines is 1. The van der Waals surface area contributed by atoms with Crippen LogP contribution in [0.2, 0.25) is 0 Å². The number of carbonyl (C=O) groups excluding carboxylic acids is 2. The van der Waals surface area contributed by atoms with Crippen LogP contribution in [0, 0.1) is 6.92 Å². The van der Waals surface area contributed by atoms with Crippen molar-refractivity contribution in [3.63, 3.8) is 0 Å². The van der Waals surface area contributed by atoms with E-state index in [9.17, 15) is 40.6 Å². The summed E-state index contributed by atoms with van der Waals surface area (Å²) in [4.78, 5) is 32.8. The van der Waals surface area contributed by atoms with E-state index in [1.54, 1.807) is 60.7 Å². The first-order chi connectivity index (χ1) is 41.5. The van der Waals surface area contributed by atoms with Crippen LogP contribution in [0.5, 0.6) is 17.2 Å². The van der Waals surface area contributed by atoms with Gasteiger partial charge in [0.25, 0.3) is 20.2 Å². The zero-order valence-electron chi connectivity index (χ0n) is 49.8. The van der Waals surface area contributed by atoms with Gasteiger partial charge in [-0.1, -0.05) is 56.7 Å². The smallest absolute Gasteiger partial charge is 0.311 e. The quantitative estimate of drug-likeness (QED) is 0.0124. The fourth-order valence-electron chi connectivity index (χ4n) is 13.1. The molecule has 0 bridgehead atoms. The van der Waals surface area contributed by atoms with Crippen LogP contribution in [0.1, 0.15) is 112 Å². The molecule has 0 atom stereocenters. The Morgan fingerprint density at radius 1 is 0.713 bits per heavy atom. The maximum Gasteiger partial charge on any atom is 0.311 e. The number of hydrogen-bond acceptors (Lipinski definition) is 12. The molecule has 0 saturated carbocycles. The maximum absolute atomic E-state index is 14.3. The van der Waals surface area contributed by atoms with Crippen LogP contribution in [-0.4, -0.2) is 97.3 Å². The van der Waals surface area contributed by atoms with Crippen molar-refractivity contribution in [3.8, 4) is 27.7 Å². The number of ether oxygens (including phenoxy) is 2. The number of carbonyl (C=O) groups is 2. The third-order valence-corrected chi connectivity index (χ3v) is 20.2. The van der Waals surface area contributed by atoms with Gasteiger partial charge in [-0.15, -0.1) is 11.3 Å². The Kier molecular flexibility index (Phi) is 17.1. The third-order valence-electron chi connectivity index (χ3n) is 17.3. The van der Waals surface area contributed by atoms with Crippen molar-refractivity contribution in [3.05, 3.63) is 185 Å². The van der Waals surface area contributed by atoms with Crippen LogP contribution in [0.15, 0.2) is 167 Å². The Labute approximate surface area is 512 Å². The molecule has 4 heterocycles. The number of phenols is 1. The molecule has 3 N–H and O–H groups in total. The highest BCUT2D eigenvalue weighted by Gasteiger charge is 2.46. The van der Waals surface area contributed by atoms with Gasteiger partial charge >= 0.3 is 5.97 Å². The van der Waals surface area contributed by atoms with Gasteiger partial charge in [0.15, 0.2) is 11.5 Å². The summed E-state index contributed by atoms with van der Waals surface area (Å²) < 4.78 is 85.1. The average Bonchev–Trinajstić information content (AvgIpc) is 1.64. The van der Waals surface area contributed by atoms with Crippen molar-refractivity contribution in [1.29, 1.82) is 0 Å². The van der Waals surface area contributed by atoms with Gasteiger partial charge in [-0.05, 0) is 202 Å². The topological polar surface area (TPSA) is 191 Å². The highest BCUT2D eigenvalue weighted by molar-refractivity contribution is 7.86. The molecule has 14 nitrogen and oxygen atoms in total. The molecule has 11 rings (SSSR count). The van der Waals surface area contributed by atoms with E-state index in [0.29, 0.717) is 67.0 Å². The molecular weight excluding hydrogens is 1150 g/mol. The molecule has 8 aromatic rings. The fraction of sp³-hybridized carbons (Fsp3) is 0.300. The number of rotatable bonds is 20. The number of phenolic OH excluding ortho intramolecular Hbond substituents is 1. The molecule has 1 fully saturated rings. The molecule has 7 aromatic carbocycles. The zero-order valence-corrected chi connectivity index (χ0v) is 52.2. The van der Waals surface area contributed by atoms with Crippen LogP contribution in [-0.2, 0) is 35.9 Å². The van der Waals surface area contributed by atoms with Gasteiger partial charge in [0.05, 0.1) is 10.3 Å². The highest BCUT2D eigenvalue weighted by Crippen LogP contribution is 2.52. The molecular formula is C70H72N3O11S3+. The van der Waals surface area contributed by atoms with Crippen molar-refractivity contribution in [1.82, 2.24) is 4.90 Å². The van der Waals surface area contributed by atoms with Gasteiger partial charge in [-0.25, -0.2) is 0 Å². The number of unbranched alkanes of at least 4 members (excludes halogenated alkanes) is 2. The summed E-state index contributed by atoms with van der Waals surface area (Å²) in [7, 11) is -8.96. The standard InChI is InChI=1S/C70H71N3O11S3/c1-7-72-57-35-33-53-56(41-45(2)42-60(53)87(80,81)82)66(57)69(3,4)61(72)17-11-8-12-18-62-70(5,6)65-55-44-52(86(77,78)79)31-24-46(55)25-34-58(65)73(62)38-16-9-13-19-63(75)84-51-29-22-48(23-30-51)68-64(54-32-26-49(74)43-59(54)85-68)67(76)47-20-27-50(28-21-47)83-40-39-71-36-14-10-15-37-71/h8,11-12,17-18,20-35,41-44H,7,9-10,13-16,19,36-40H2,1-6H3,(H2-,74,77,78,79,80,81,82)/p+1. The van der Waals surface area contributed by atoms with E-state index in [-0.39, 0.29) is 33.7 Å². The normalized spacial score (nSPS) is 16.5. The number of thiophene rings is 1. The first-order valence-corrected chi connectivity index (χ1v) is 33.4. The minimum atomic E-state index is -4.49. The lowest BCUT2D eigenvalue weighted by Gasteiger charge is -2.26. The number of likely N-dealkylation sites (N-methyl/N-ethyl adjacent to an activating group) is 1. The average molecular weight is 1230 g/mol. The van der Waals surface area contributed by atoms with Crippen molar-refractivity contribution in [2.45, 2.75) is 107 Å². The van der Waals surface area contributed by atoms with Gasteiger partial charge in [-0.2, -0.15) is 21.4 Å². The minimum absolute atomic E-state index is 0.104. The van der Waals surface area contributed by atoms with E-state index in [0.717, 1.165) is 95.8 Å². The SMILES string of the molecule is CCN1C(=CC=CC=CC2=[N+](CCCCCC(=O)Oc3ccc(-c4sc5cc(O)ccc5c4C(=O)c4ccc(OCCN5CCCCC5)cc4)cc3)c3ccc4ccc(S(=O)(=O)O)cc4c3C2(C)C)C(C)(C)c2c1ccc1c(S(=O)(=O)O)cc(C)cc21. The molecule has 3 aliphatic rings. The number of piperidine rings is 1. The van der Waals surface area contributed by atoms with Crippen molar-refractivity contribution in [2.24, 2.45) is 0 Å². The van der Waals surface area contributed by atoms with Gasteiger partial charge in [0, 0.05) is 91.9 Å². The van der Waals surface area contributed by atoms with Crippen LogP contribution in [0.4, 0.5) is 11.4 Å². The van der Waals surface area contributed by atoms with Gasteiger partial charge < -0.3 is 19.5 Å². The number of fused-ring (bicyclic) bond motifs is 7. The Balaban J connectivity index is 0.777. The van der Waals surface area contributed by atoms with E-state index in [4.69, 9.17) is 9.47 Å². The van der Waals surface area contributed by atoms with E-state index in [1.807, 2.05) is 67.6 Å².